The van der Waals surface area contributed by atoms with E-state index in [2.05, 4.69) is 26.8 Å². The number of aromatic nitrogens is 5. The van der Waals surface area contributed by atoms with E-state index in [1.807, 2.05) is 18.7 Å². The fraction of sp³-hybridized carbons (Fsp3) is 0.615. The molecule has 19 heavy (non-hydrogen) atoms. The van der Waals surface area contributed by atoms with Gasteiger partial charge in [-0.3, -0.25) is 4.68 Å². The van der Waals surface area contributed by atoms with Crippen molar-refractivity contribution >= 4 is 0 Å². The van der Waals surface area contributed by atoms with Crippen molar-refractivity contribution in [2.24, 2.45) is 18.7 Å². The second-order valence-corrected chi connectivity index (χ2v) is 5.36. The molecule has 0 bridgehead atoms. The van der Waals surface area contributed by atoms with Gasteiger partial charge in [-0.05, 0) is 32.7 Å². The Kier molecular flexibility index (Phi) is 2.89. The first-order valence-electron chi connectivity index (χ1n) is 6.74. The summed E-state index contributed by atoms with van der Waals surface area (Å²) in [6.45, 7) is 5.73. The van der Waals surface area contributed by atoms with Gasteiger partial charge >= 0.3 is 0 Å². The molecule has 1 unspecified atom stereocenters. The predicted octanol–water partition coefficient (Wildman–Crippen LogP) is 0.817. The maximum absolute atomic E-state index is 5.81. The van der Waals surface area contributed by atoms with Crippen LogP contribution in [0.2, 0.25) is 0 Å². The molecular formula is C13H20N6. The van der Waals surface area contributed by atoms with E-state index in [1.54, 1.807) is 0 Å². The molecular weight excluding hydrogens is 240 g/mol. The van der Waals surface area contributed by atoms with Crippen molar-refractivity contribution in [2.75, 3.05) is 6.54 Å². The highest BCUT2D eigenvalue weighted by Gasteiger charge is 2.25. The quantitative estimate of drug-likeness (QED) is 0.867. The number of nitrogens with zero attached hydrogens (tertiary/aromatic N) is 5. The maximum Gasteiger partial charge on any atom is 0.167 e. The number of nitrogens with two attached hydrogens (primary N) is 1. The third-order valence-corrected chi connectivity index (χ3v) is 4.11. The zero-order valence-electron chi connectivity index (χ0n) is 11.7. The van der Waals surface area contributed by atoms with Gasteiger partial charge in [0.25, 0.3) is 0 Å². The van der Waals surface area contributed by atoms with Crippen molar-refractivity contribution in [1.29, 1.82) is 0 Å². The number of aryl methyl sites for hydroxylation is 3. The summed E-state index contributed by atoms with van der Waals surface area (Å²) in [5.74, 6) is 2.54. The summed E-state index contributed by atoms with van der Waals surface area (Å²) in [7, 11) is 1.96. The van der Waals surface area contributed by atoms with E-state index in [-0.39, 0.29) is 0 Å². The Hall–Kier alpha value is -1.69. The minimum Gasteiger partial charge on any atom is -0.330 e. The van der Waals surface area contributed by atoms with Crippen LogP contribution < -0.4 is 5.73 Å². The standard InChI is InChI=1S/C13H20N6/c1-8-12(9(2)18(3)17-8)13-16-15-11-5-4-10(6-14)7-19(11)13/h10H,4-7,14H2,1-3H3. The zero-order valence-corrected chi connectivity index (χ0v) is 11.7. The number of hydrogen-bond donors (Lipinski definition) is 1. The fourth-order valence-electron chi connectivity index (χ4n) is 2.87. The highest BCUT2D eigenvalue weighted by atomic mass is 15.3. The largest absolute Gasteiger partial charge is 0.330 e. The molecule has 6 nitrogen and oxygen atoms in total. The molecule has 3 heterocycles. The number of hydrogen-bond acceptors (Lipinski definition) is 4. The molecule has 102 valence electrons. The van der Waals surface area contributed by atoms with Gasteiger partial charge in [0.05, 0.1) is 11.3 Å². The molecule has 2 aromatic rings. The van der Waals surface area contributed by atoms with Gasteiger partial charge in [-0.25, -0.2) is 0 Å². The van der Waals surface area contributed by atoms with Gasteiger partial charge in [0, 0.05) is 25.7 Å². The molecule has 1 aliphatic heterocycles. The van der Waals surface area contributed by atoms with Crippen LogP contribution >= 0.6 is 0 Å². The smallest absolute Gasteiger partial charge is 0.167 e. The first kappa shape index (κ1) is 12.3. The van der Waals surface area contributed by atoms with Crippen LogP contribution in [0.3, 0.4) is 0 Å². The van der Waals surface area contributed by atoms with E-state index >= 15 is 0 Å². The van der Waals surface area contributed by atoms with Gasteiger partial charge in [-0.2, -0.15) is 5.10 Å². The Morgan fingerprint density at radius 1 is 1.32 bits per heavy atom. The summed E-state index contributed by atoms with van der Waals surface area (Å²) in [5, 5.41) is 13.2. The molecule has 0 aliphatic carbocycles. The van der Waals surface area contributed by atoms with Crippen molar-refractivity contribution in [3.63, 3.8) is 0 Å². The third kappa shape index (κ3) is 1.87. The minimum atomic E-state index is 0.527. The summed E-state index contributed by atoms with van der Waals surface area (Å²) in [6, 6.07) is 0. The molecule has 0 amide bonds. The van der Waals surface area contributed by atoms with Crippen LogP contribution in [0.4, 0.5) is 0 Å². The van der Waals surface area contributed by atoms with Crippen molar-refractivity contribution in [3.8, 4) is 11.4 Å². The van der Waals surface area contributed by atoms with Crippen molar-refractivity contribution in [1.82, 2.24) is 24.5 Å². The summed E-state index contributed by atoms with van der Waals surface area (Å²) < 4.78 is 4.12. The van der Waals surface area contributed by atoms with Crippen LogP contribution in [0.5, 0.6) is 0 Å². The molecule has 3 rings (SSSR count). The molecule has 2 N–H and O–H groups in total. The van der Waals surface area contributed by atoms with Gasteiger partial charge in [0.15, 0.2) is 5.82 Å². The lowest BCUT2D eigenvalue weighted by Crippen LogP contribution is -2.26. The van der Waals surface area contributed by atoms with Crippen molar-refractivity contribution in [3.05, 3.63) is 17.2 Å². The van der Waals surface area contributed by atoms with Gasteiger partial charge in [-0.15, -0.1) is 10.2 Å². The van der Waals surface area contributed by atoms with E-state index in [0.717, 1.165) is 54.5 Å². The monoisotopic (exact) mass is 260 g/mol. The molecule has 1 atom stereocenters. The second kappa shape index (κ2) is 4.45. The Morgan fingerprint density at radius 2 is 2.11 bits per heavy atom. The van der Waals surface area contributed by atoms with Crippen LogP contribution in [-0.4, -0.2) is 31.1 Å². The van der Waals surface area contributed by atoms with Crippen LogP contribution in [-0.2, 0) is 20.0 Å². The summed E-state index contributed by atoms with van der Waals surface area (Å²) >= 11 is 0. The lowest BCUT2D eigenvalue weighted by Gasteiger charge is -2.23. The van der Waals surface area contributed by atoms with Crippen LogP contribution in [0.1, 0.15) is 23.6 Å². The Morgan fingerprint density at radius 3 is 2.74 bits per heavy atom. The van der Waals surface area contributed by atoms with Gasteiger partial charge in [0.1, 0.15) is 5.82 Å². The van der Waals surface area contributed by atoms with E-state index in [4.69, 9.17) is 5.73 Å². The average Bonchev–Trinajstić information content (AvgIpc) is 2.91. The normalized spacial score (nSPS) is 18.6. The van der Waals surface area contributed by atoms with Gasteiger partial charge < -0.3 is 10.3 Å². The SMILES string of the molecule is Cc1nn(C)c(C)c1-c1nnc2n1CC(CN)CC2. The maximum atomic E-state index is 5.81. The Balaban J connectivity index is 2.10. The van der Waals surface area contributed by atoms with Gasteiger partial charge in [-0.1, -0.05) is 0 Å². The molecule has 0 aromatic carbocycles. The molecule has 0 spiro atoms. The Bertz CT molecular complexity index is 609. The summed E-state index contributed by atoms with van der Waals surface area (Å²) in [4.78, 5) is 0. The van der Waals surface area contributed by atoms with E-state index in [0.29, 0.717) is 5.92 Å². The van der Waals surface area contributed by atoms with Crippen LogP contribution in [0.25, 0.3) is 11.4 Å². The van der Waals surface area contributed by atoms with Crippen molar-refractivity contribution in [2.45, 2.75) is 33.2 Å². The van der Waals surface area contributed by atoms with Crippen molar-refractivity contribution < 1.29 is 0 Å². The average molecular weight is 260 g/mol. The second-order valence-electron chi connectivity index (χ2n) is 5.36. The highest BCUT2D eigenvalue weighted by Crippen LogP contribution is 2.29. The minimum absolute atomic E-state index is 0.527. The zero-order chi connectivity index (χ0) is 13.6. The lowest BCUT2D eigenvalue weighted by atomic mass is 9.99. The molecule has 0 saturated heterocycles. The van der Waals surface area contributed by atoms with Crippen LogP contribution in [0, 0.1) is 19.8 Å². The Labute approximate surface area is 112 Å². The predicted molar refractivity (Wildman–Crippen MR) is 72.6 cm³/mol. The molecule has 1 aliphatic rings. The third-order valence-electron chi connectivity index (χ3n) is 4.11. The lowest BCUT2D eigenvalue weighted by molar-refractivity contribution is 0.375. The van der Waals surface area contributed by atoms with Crippen LogP contribution in [0.15, 0.2) is 0 Å². The molecule has 0 radical (unpaired) electrons. The first-order valence-corrected chi connectivity index (χ1v) is 6.74. The summed E-state index contributed by atoms with van der Waals surface area (Å²) in [5.41, 5.74) is 9.05. The molecule has 6 heteroatoms. The summed E-state index contributed by atoms with van der Waals surface area (Å²) in [6.07, 6.45) is 2.08. The number of fused-ring (bicyclic) bond motifs is 1. The molecule has 0 fully saturated rings. The van der Waals surface area contributed by atoms with E-state index in [9.17, 15) is 0 Å². The van der Waals surface area contributed by atoms with E-state index < -0.39 is 0 Å². The molecule has 2 aromatic heterocycles. The topological polar surface area (TPSA) is 74.5 Å². The first-order chi connectivity index (χ1) is 9.11. The highest BCUT2D eigenvalue weighted by molar-refractivity contribution is 5.61. The van der Waals surface area contributed by atoms with Gasteiger partial charge in [0.2, 0.25) is 0 Å². The van der Waals surface area contributed by atoms with E-state index in [1.165, 1.54) is 0 Å². The fourth-order valence-corrected chi connectivity index (χ4v) is 2.87. The number of rotatable bonds is 2. The molecule has 0 saturated carbocycles.